The maximum absolute atomic E-state index is 13.4. The lowest BCUT2D eigenvalue weighted by molar-refractivity contribution is -0.120. The van der Waals surface area contributed by atoms with Crippen LogP contribution in [0.2, 0.25) is 0 Å². The lowest BCUT2D eigenvalue weighted by atomic mass is 10.2. The molecule has 1 heterocycles. The molecule has 0 fully saturated rings. The van der Waals surface area contributed by atoms with Crippen LogP contribution < -0.4 is 15.0 Å². The fourth-order valence-corrected chi connectivity index (χ4v) is 2.52. The van der Waals surface area contributed by atoms with Gasteiger partial charge in [-0.05, 0) is 18.2 Å². The minimum Gasteiger partial charge on any atom is -0.503 e. The van der Waals surface area contributed by atoms with E-state index in [4.69, 9.17) is 15.1 Å². The van der Waals surface area contributed by atoms with Crippen molar-refractivity contribution < 1.29 is 28.2 Å². The average Bonchev–Trinajstić information content (AvgIpc) is 2.92. The van der Waals surface area contributed by atoms with Gasteiger partial charge in [-0.25, -0.2) is 13.7 Å². The van der Waals surface area contributed by atoms with Crippen LogP contribution in [-0.2, 0) is 9.59 Å². The number of phenols is 1. The standard InChI is InChI=1S/C18H11F2N3O4/c1-27-15-3-2-11(4-9(15)8-21)23-16(24)7-14(18(23)26)22-10-5-12(19)17(25)13(20)6-10/h2-7,22,25H,1H3. The number of hydrogen-bond acceptors (Lipinski definition) is 6. The van der Waals surface area contributed by atoms with Crippen molar-refractivity contribution in [1.29, 1.82) is 5.26 Å². The minimum atomic E-state index is -1.22. The van der Waals surface area contributed by atoms with Gasteiger partial charge in [0.15, 0.2) is 17.4 Å². The summed E-state index contributed by atoms with van der Waals surface area (Å²) >= 11 is 0. The van der Waals surface area contributed by atoms with Gasteiger partial charge in [-0.2, -0.15) is 5.26 Å². The molecule has 0 atom stereocenters. The van der Waals surface area contributed by atoms with Crippen LogP contribution in [0.25, 0.3) is 0 Å². The van der Waals surface area contributed by atoms with Gasteiger partial charge in [0.2, 0.25) is 0 Å². The van der Waals surface area contributed by atoms with Crippen LogP contribution >= 0.6 is 0 Å². The first kappa shape index (κ1) is 17.9. The van der Waals surface area contributed by atoms with Gasteiger partial charge in [0.25, 0.3) is 11.8 Å². The van der Waals surface area contributed by atoms with E-state index in [1.54, 1.807) is 0 Å². The highest BCUT2D eigenvalue weighted by atomic mass is 19.1. The van der Waals surface area contributed by atoms with E-state index in [-0.39, 0.29) is 28.4 Å². The Labute approximate surface area is 151 Å². The van der Waals surface area contributed by atoms with Crippen molar-refractivity contribution in [1.82, 2.24) is 0 Å². The summed E-state index contributed by atoms with van der Waals surface area (Å²) in [5.41, 5.74) is -0.124. The van der Waals surface area contributed by atoms with E-state index in [0.717, 1.165) is 23.1 Å². The Kier molecular flexibility index (Phi) is 4.48. The average molecular weight is 371 g/mol. The number of nitrogens with zero attached hydrogens (tertiary/aromatic N) is 2. The summed E-state index contributed by atoms with van der Waals surface area (Å²) in [6, 6.07) is 7.62. The largest absolute Gasteiger partial charge is 0.503 e. The molecule has 0 aromatic heterocycles. The van der Waals surface area contributed by atoms with Crippen LogP contribution in [0.15, 0.2) is 42.1 Å². The fourth-order valence-electron chi connectivity index (χ4n) is 2.52. The van der Waals surface area contributed by atoms with Crippen molar-refractivity contribution in [2.24, 2.45) is 0 Å². The van der Waals surface area contributed by atoms with Crippen LogP contribution in [-0.4, -0.2) is 24.0 Å². The number of amides is 2. The molecule has 3 rings (SSSR count). The van der Waals surface area contributed by atoms with Crippen molar-refractivity contribution in [2.45, 2.75) is 0 Å². The van der Waals surface area contributed by atoms with Crippen molar-refractivity contribution in [2.75, 3.05) is 17.3 Å². The van der Waals surface area contributed by atoms with Crippen LogP contribution in [0, 0.1) is 23.0 Å². The quantitative estimate of drug-likeness (QED) is 0.632. The van der Waals surface area contributed by atoms with E-state index in [0.29, 0.717) is 0 Å². The zero-order chi connectivity index (χ0) is 19.7. The molecule has 27 heavy (non-hydrogen) atoms. The maximum Gasteiger partial charge on any atom is 0.281 e. The van der Waals surface area contributed by atoms with Crippen molar-refractivity contribution in [3.8, 4) is 17.6 Å². The predicted octanol–water partition coefficient (Wildman–Crippen LogP) is 2.42. The molecular weight excluding hydrogens is 360 g/mol. The Bertz CT molecular complexity index is 1020. The Morgan fingerprint density at radius 3 is 2.44 bits per heavy atom. The molecule has 0 radical (unpaired) electrons. The first-order valence-corrected chi connectivity index (χ1v) is 7.49. The summed E-state index contributed by atoms with van der Waals surface area (Å²) in [7, 11) is 1.38. The Hall–Kier alpha value is -3.93. The molecule has 136 valence electrons. The number of carbonyl (C=O) groups excluding carboxylic acids is 2. The van der Waals surface area contributed by atoms with Crippen LogP contribution in [0.5, 0.6) is 11.5 Å². The number of aromatic hydroxyl groups is 1. The van der Waals surface area contributed by atoms with Gasteiger partial charge in [0.05, 0.1) is 18.4 Å². The number of nitrogens with one attached hydrogen (secondary N) is 1. The van der Waals surface area contributed by atoms with Crippen LogP contribution in [0.4, 0.5) is 20.2 Å². The molecule has 1 aliphatic heterocycles. The first-order chi connectivity index (χ1) is 12.8. The molecule has 0 unspecified atom stereocenters. The Balaban J connectivity index is 1.89. The van der Waals surface area contributed by atoms with E-state index in [1.165, 1.54) is 25.3 Å². The highest BCUT2D eigenvalue weighted by Crippen LogP contribution is 2.30. The van der Waals surface area contributed by atoms with E-state index in [1.807, 2.05) is 6.07 Å². The predicted molar refractivity (Wildman–Crippen MR) is 89.9 cm³/mol. The van der Waals surface area contributed by atoms with E-state index >= 15 is 0 Å². The first-order valence-electron chi connectivity index (χ1n) is 7.49. The summed E-state index contributed by atoms with van der Waals surface area (Å²) in [6.07, 6.45) is 0.960. The van der Waals surface area contributed by atoms with Crippen molar-refractivity contribution in [3.05, 3.63) is 59.3 Å². The van der Waals surface area contributed by atoms with Gasteiger partial charge >= 0.3 is 0 Å². The number of anilines is 2. The number of methoxy groups -OCH3 is 1. The van der Waals surface area contributed by atoms with Crippen LogP contribution in [0.1, 0.15) is 5.56 Å². The van der Waals surface area contributed by atoms with E-state index in [2.05, 4.69) is 5.32 Å². The molecule has 2 aromatic rings. The highest BCUT2D eigenvalue weighted by Gasteiger charge is 2.33. The molecule has 0 saturated carbocycles. The molecule has 2 aromatic carbocycles. The molecule has 0 bridgehead atoms. The fraction of sp³-hybridized carbons (Fsp3) is 0.0556. The summed E-state index contributed by atoms with van der Waals surface area (Å²) in [5, 5.41) is 20.7. The number of imide groups is 1. The number of benzene rings is 2. The zero-order valence-electron chi connectivity index (χ0n) is 13.8. The lowest BCUT2D eigenvalue weighted by Crippen LogP contribution is -2.32. The Morgan fingerprint density at radius 2 is 1.85 bits per heavy atom. The van der Waals surface area contributed by atoms with E-state index < -0.39 is 29.2 Å². The van der Waals surface area contributed by atoms with Gasteiger partial charge in [0.1, 0.15) is 17.5 Å². The zero-order valence-corrected chi connectivity index (χ0v) is 13.8. The van der Waals surface area contributed by atoms with Crippen molar-refractivity contribution >= 4 is 23.2 Å². The number of nitriles is 1. The number of rotatable bonds is 4. The normalized spacial score (nSPS) is 13.4. The van der Waals surface area contributed by atoms with Gasteiger partial charge < -0.3 is 15.2 Å². The Morgan fingerprint density at radius 1 is 1.19 bits per heavy atom. The molecule has 1 aliphatic rings. The second-order valence-corrected chi connectivity index (χ2v) is 5.45. The third-order valence-corrected chi connectivity index (χ3v) is 3.78. The SMILES string of the molecule is COc1ccc(N2C(=O)C=C(Nc3cc(F)c(O)c(F)c3)C2=O)cc1C#N. The lowest BCUT2D eigenvalue weighted by Gasteiger charge is -2.16. The second kappa shape index (κ2) is 6.76. The molecule has 7 nitrogen and oxygen atoms in total. The number of phenolic OH excluding ortho intramolecular Hbond substituents is 1. The number of hydrogen-bond donors (Lipinski definition) is 2. The second-order valence-electron chi connectivity index (χ2n) is 5.45. The third-order valence-electron chi connectivity index (χ3n) is 3.78. The third kappa shape index (κ3) is 3.16. The molecule has 9 heteroatoms. The van der Waals surface area contributed by atoms with Gasteiger partial charge in [-0.3, -0.25) is 9.59 Å². The number of carbonyl (C=O) groups is 2. The summed E-state index contributed by atoms with van der Waals surface area (Å²) in [4.78, 5) is 25.6. The number of ether oxygens (including phenoxy) is 1. The van der Waals surface area contributed by atoms with E-state index in [9.17, 15) is 18.4 Å². The van der Waals surface area contributed by atoms with Gasteiger partial charge in [0, 0.05) is 23.9 Å². The highest BCUT2D eigenvalue weighted by molar-refractivity contribution is 6.31. The molecule has 2 amide bonds. The van der Waals surface area contributed by atoms with Crippen molar-refractivity contribution in [3.63, 3.8) is 0 Å². The molecule has 0 aliphatic carbocycles. The minimum absolute atomic E-state index is 0.125. The summed E-state index contributed by atoms with van der Waals surface area (Å²) < 4.78 is 31.9. The summed E-state index contributed by atoms with van der Waals surface area (Å²) in [5.74, 6) is -4.78. The van der Waals surface area contributed by atoms with Gasteiger partial charge in [-0.1, -0.05) is 0 Å². The smallest absolute Gasteiger partial charge is 0.281 e. The van der Waals surface area contributed by atoms with Crippen LogP contribution in [0.3, 0.4) is 0 Å². The molecule has 2 N–H and O–H groups in total. The number of halogens is 2. The maximum atomic E-state index is 13.4. The van der Waals surface area contributed by atoms with Gasteiger partial charge in [-0.15, -0.1) is 0 Å². The summed E-state index contributed by atoms with van der Waals surface area (Å²) in [6.45, 7) is 0. The molecule has 0 saturated heterocycles. The topological polar surface area (TPSA) is 103 Å². The molecule has 0 spiro atoms. The molecular formula is C18H11F2N3O4. The monoisotopic (exact) mass is 371 g/mol.